The predicted molar refractivity (Wildman–Crippen MR) is 140 cm³/mol. The van der Waals surface area contributed by atoms with Gasteiger partial charge in [0.15, 0.2) is 0 Å². The van der Waals surface area contributed by atoms with Gasteiger partial charge in [0.05, 0.1) is 11.3 Å². The van der Waals surface area contributed by atoms with E-state index in [0.717, 1.165) is 35.5 Å². The van der Waals surface area contributed by atoms with Gasteiger partial charge in [0.1, 0.15) is 5.82 Å². The molecule has 1 fully saturated rings. The fourth-order valence-corrected chi connectivity index (χ4v) is 6.23. The zero-order valence-corrected chi connectivity index (χ0v) is 20.5. The summed E-state index contributed by atoms with van der Waals surface area (Å²) in [5, 5.41) is 0. The second-order valence-electron chi connectivity index (χ2n) is 10.5. The van der Waals surface area contributed by atoms with Crippen LogP contribution in [0.1, 0.15) is 80.8 Å². The molecule has 2 aliphatic carbocycles. The zero-order chi connectivity index (χ0) is 23.5. The average Bonchev–Trinajstić information content (AvgIpc) is 2.87. The first kappa shape index (κ1) is 22.8. The first-order valence-electron chi connectivity index (χ1n) is 13.0. The van der Waals surface area contributed by atoms with Crippen LogP contribution >= 0.6 is 0 Å². The van der Waals surface area contributed by atoms with Crippen LogP contribution in [0.5, 0.6) is 0 Å². The Bertz CT molecular complexity index is 1220. The van der Waals surface area contributed by atoms with E-state index in [1.165, 1.54) is 43.2 Å². The van der Waals surface area contributed by atoms with Gasteiger partial charge in [0.25, 0.3) is 5.56 Å². The summed E-state index contributed by atoms with van der Waals surface area (Å²) in [6.45, 7) is 4.57. The molecule has 0 saturated heterocycles. The van der Waals surface area contributed by atoms with Gasteiger partial charge in [-0.05, 0) is 48.6 Å². The summed E-state index contributed by atoms with van der Waals surface area (Å²) in [5.41, 5.74) is 5.58. The standard InChI is InChI=1S/C31H36N2O/c1-22(23-14-5-3-6-15-23)13-9-12-20-27-32-29-26-19-11-10-16-24(26)21-31(2,28(29)30(34)33-27)25-17-7-4-8-18-25/h3,5-6,9-12,14-16,19,22,25H,4,7-8,13,17-18,20-21H2,1-2H3,(H,32,33,34)/b12-9-/t22-,31+/m0/s1. The molecule has 3 heteroatoms. The minimum Gasteiger partial charge on any atom is -0.310 e. The fraction of sp³-hybridized carbons (Fsp3) is 0.419. The molecule has 0 radical (unpaired) electrons. The van der Waals surface area contributed by atoms with Crippen molar-refractivity contribution in [2.24, 2.45) is 5.92 Å². The van der Waals surface area contributed by atoms with Crippen LogP contribution in [0.4, 0.5) is 0 Å². The average molecular weight is 453 g/mol. The van der Waals surface area contributed by atoms with Gasteiger partial charge in [-0.25, -0.2) is 4.98 Å². The maximum absolute atomic E-state index is 13.6. The lowest BCUT2D eigenvalue weighted by molar-refractivity contribution is 0.213. The molecule has 2 aromatic carbocycles. The number of allylic oxidation sites excluding steroid dienone is 2. The highest BCUT2D eigenvalue weighted by molar-refractivity contribution is 5.71. The van der Waals surface area contributed by atoms with Crippen molar-refractivity contribution in [2.45, 2.75) is 76.5 Å². The number of aromatic nitrogens is 2. The van der Waals surface area contributed by atoms with Gasteiger partial charge in [-0.1, -0.05) is 99.9 Å². The minimum atomic E-state index is -0.149. The lowest BCUT2D eigenvalue weighted by Crippen LogP contribution is -2.43. The predicted octanol–water partition coefficient (Wildman–Crippen LogP) is 7.12. The Morgan fingerprint density at radius 1 is 1.03 bits per heavy atom. The summed E-state index contributed by atoms with van der Waals surface area (Å²) in [5.74, 6) is 1.77. The Kier molecular flexibility index (Phi) is 6.54. The van der Waals surface area contributed by atoms with Crippen LogP contribution in [-0.2, 0) is 18.3 Å². The van der Waals surface area contributed by atoms with Gasteiger partial charge in [-0.2, -0.15) is 0 Å². The number of hydrogen-bond acceptors (Lipinski definition) is 2. The van der Waals surface area contributed by atoms with Crippen LogP contribution in [-0.4, -0.2) is 9.97 Å². The number of benzene rings is 2. The maximum atomic E-state index is 13.6. The molecule has 1 aromatic heterocycles. The van der Waals surface area contributed by atoms with Crippen molar-refractivity contribution in [3.8, 4) is 11.3 Å². The molecular formula is C31H36N2O. The van der Waals surface area contributed by atoms with E-state index in [1.807, 2.05) is 0 Å². The molecule has 3 nitrogen and oxygen atoms in total. The number of fused-ring (bicyclic) bond motifs is 3. The Hall–Kier alpha value is -2.94. The Labute approximate surface area is 203 Å². The van der Waals surface area contributed by atoms with Crippen molar-refractivity contribution >= 4 is 0 Å². The molecule has 176 valence electrons. The number of H-pyrrole nitrogens is 1. The molecule has 0 unspecified atom stereocenters. The molecule has 0 aliphatic heterocycles. The molecule has 0 amide bonds. The van der Waals surface area contributed by atoms with E-state index in [1.54, 1.807) is 0 Å². The number of aromatic amines is 1. The van der Waals surface area contributed by atoms with Crippen molar-refractivity contribution in [3.05, 3.63) is 99.6 Å². The molecule has 34 heavy (non-hydrogen) atoms. The summed E-state index contributed by atoms with van der Waals surface area (Å²) >= 11 is 0. The van der Waals surface area contributed by atoms with Gasteiger partial charge < -0.3 is 4.98 Å². The first-order valence-corrected chi connectivity index (χ1v) is 13.0. The van der Waals surface area contributed by atoms with Crippen molar-refractivity contribution < 1.29 is 0 Å². The molecule has 5 rings (SSSR count). The summed E-state index contributed by atoms with van der Waals surface area (Å²) in [6, 6.07) is 19.2. The fourth-order valence-electron chi connectivity index (χ4n) is 6.23. The van der Waals surface area contributed by atoms with Crippen molar-refractivity contribution in [1.82, 2.24) is 9.97 Å². The highest BCUT2D eigenvalue weighted by Gasteiger charge is 2.44. The summed E-state index contributed by atoms with van der Waals surface area (Å²) in [6.07, 6.45) is 13.2. The van der Waals surface area contributed by atoms with Gasteiger partial charge >= 0.3 is 0 Å². The zero-order valence-electron chi connectivity index (χ0n) is 20.5. The minimum absolute atomic E-state index is 0.0635. The van der Waals surface area contributed by atoms with E-state index in [9.17, 15) is 4.79 Å². The molecule has 2 aliphatic rings. The molecule has 1 saturated carbocycles. The van der Waals surface area contributed by atoms with Crippen molar-refractivity contribution in [1.29, 1.82) is 0 Å². The molecule has 0 spiro atoms. The normalized spacial score (nSPS) is 21.2. The first-order chi connectivity index (χ1) is 16.6. The van der Waals surface area contributed by atoms with Crippen LogP contribution in [0.2, 0.25) is 0 Å². The Morgan fingerprint density at radius 2 is 1.76 bits per heavy atom. The summed E-state index contributed by atoms with van der Waals surface area (Å²) in [4.78, 5) is 21.8. The van der Waals surface area contributed by atoms with Crippen molar-refractivity contribution in [3.63, 3.8) is 0 Å². The summed E-state index contributed by atoms with van der Waals surface area (Å²) < 4.78 is 0. The van der Waals surface area contributed by atoms with E-state index in [2.05, 4.69) is 85.6 Å². The van der Waals surface area contributed by atoms with E-state index in [0.29, 0.717) is 18.3 Å². The van der Waals surface area contributed by atoms with E-state index >= 15 is 0 Å². The Balaban J connectivity index is 1.43. The van der Waals surface area contributed by atoms with E-state index < -0.39 is 0 Å². The van der Waals surface area contributed by atoms with Crippen LogP contribution in [0.3, 0.4) is 0 Å². The second kappa shape index (κ2) is 9.74. The van der Waals surface area contributed by atoms with E-state index in [-0.39, 0.29) is 11.0 Å². The largest absolute Gasteiger partial charge is 0.310 e. The van der Waals surface area contributed by atoms with Crippen LogP contribution in [0, 0.1) is 5.92 Å². The topological polar surface area (TPSA) is 45.8 Å². The van der Waals surface area contributed by atoms with Gasteiger partial charge in [-0.15, -0.1) is 0 Å². The van der Waals surface area contributed by atoms with E-state index in [4.69, 9.17) is 4.98 Å². The molecule has 0 bridgehead atoms. The van der Waals surface area contributed by atoms with Gasteiger partial charge in [0.2, 0.25) is 0 Å². The SMILES string of the molecule is C[C@@H](C/C=C\Cc1nc2c(c(=O)[nH]1)[C@@](C)(C1CCCCC1)Cc1ccccc1-2)c1ccccc1. The number of rotatable bonds is 6. The molecular weight excluding hydrogens is 416 g/mol. The number of hydrogen-bond donors (Lipinski definition) is 1. The highest BCUT2D eigenvalue weighted by atomic mass is 16.1. The number of nitrogens with one attached hydrogen (secondary N) is 1. The van der Waals surface area contributed by atoms with Gasteiger partial charge in [-0.3, -0.25) is 4.79 Å². The lowest BCUT2D eigenvalue weighted by atomic mass is 9.60. The van der Waals surface area contributed by atoms with Crippen LogP contribution in [0.15, 0.2) is 71.5 Å². The van der Waals surface area contributed by atoms with Crippen LogP contribution in [0.25, 0.3) is 11.3 Å². The third-order valence-electron chi connectivity index (χ3n) is 8.21. The lowest BCUT2D eigenvalue weighted by Gasteiger charge is -2.43. The Morgan fingerprint density at radius 3 is 2.56 bits per heavy atom. The third kappa shape index (κ3) is 4.41. The monoisotopic (exact) mass is 452 g/mol. The van der Waals surface area contributed by atoms with Gasteiger partial charge in [0, 0.05) is 17.4 Å². The number of nitrogens with zero attached hydrogens (tertiary/aromatic N) is 1. The van der Waals surface area contributed by atoms with Crippen LogP contribution < -0.4 is 5.56 Å². The highest BCUT2D eigenvalue weighted by Crippen LogP contribution is 2.48. The molecule has 2 atom stereocenters. The molecule has 1 heterocycles. The third-order valence-corrected chi connectivity index (χ3v) is 8.21. The smallest absolute Gasteiger partial charge is 0.255 e. The van der Waals surface area contributed by atoms with Crippen molar-refractivity contribution in [2.75, 3.05) is 0 Å². The molecule has 3 aromatic rings. The maximum Gasteiger partial charge on any atom is 0.255 e. The molecule has 1 N–H and O–H groups in total. The second-order valence-corrected chi connectivity index (χ2v) is 10.5. The summed E-state index contributed by atoms with van der Waals surface area (Å²) in [7, 11) is 0. The quantitative estimate of drug-likeness (QED) is 0.405.